The van der Waals surface area contributed by atoms with Gasteiger partial charge in [-0.3, -0.25) is 0 Å². The molecule has 0 saturated carbocycles. The molecule has 3 aromatic rings. The fraction of sp³-hybridized carbons (Fsp3) is 0.100. The van der Waals surface area contributed by atoms with Gasteiger partial charge in [0.1, 0.15) is 12.4 Å². The number of hydrogen-bond donors (Lipinski definition) is 1. The molecular formula is C20H17FINO2. The second-order valence-electron chi connectivity index (χ2n) is 5.37. The van der Waals surface area contributed by atoms with Crippen molar-refractivity contribution < 1.29 is 13.9 Å². The van der Waals surface area contributed by atoms with Crippen LogP contribution in [0.5, 0.6) is 11.5 Å². The monoisotopic (exact) mass is 449 g/mol. The molecule has 0 fully saturated rings. The molecule has 0 radical (unpaired) electrons. The Balaban J connectivity index is 1.76. The molecule has 0 spiro atoms. The van der Waals surface area contributed by atoms with Crippen LogP contribution < -0.4 is 14.8 Å². The minimum atomic E-state index is -0.386. The number of anilines is 2. The summed E-state index contributed by atoms with van der Waals surface area (Å²) in [4.78, 5) is 0. The summed E-state index contributed by atoms with van der Waals surface area (Å²) in [7, 11) is 1.45. The van der Waals surface area contributed by atoms with Crippen LogP contribution in [0, 0.1) is 9.39 Å². The quantitative estimate of drug-likeness (QED) is 0.486. The lowest BCUT2D eigenvalue weighted by Crippen LogP contribution is -2.00. The van der Waals surface area contributed by atoms with Crippen LogP contribution in [0.15, 0.2) is 66.7 Å². The maximum absolute atomic E-state index is 13.5. The summed E-state index contributed by atoms with van der Waals surface area (Å²) < 4.78 is 25.5. The fourth-order valence-electron chi connectivity index (χ4n) is 2.35. The third-order valence-corrected chi connectivity index (χ3v) is 4.74. The van der Waals surface area contributed by atoms with Gasteiger partial charge in [0.05, 0.1) is 16.4 Å². The van der Waals surface area contributed by atoms with Crippen LogP contribution in [-0.2, 0) is 6.61 Å². The van der Waals surface area contributed by atoms with E-state index >= 15 is 0 Å². The van der Waals surface area contributed by atoms with E-state index in [9.17, 15) is 4.39 Å². The Kier molecular flexibility index (Phi) is 5.75. The Morgan fingerprint density at radius 2 is 1.76 bits per heavy atom. The maximum Gasteiger partial charge on any atom is 0.165 e. The minimum absolute atomic E-state index is 0.205. The van der Waals surface area contributed by atoms with Crippen LogP contribution in [0.4, 0.5) is 15.8 Å². The second-order valence-corrected chi connectivity index (χ2v) is 6.45. The summed E-state index contributed by atoms with van der Waals surface area (Å²) in [5.74, 6) is 0.614. The molecule has 0 heterocycles. The van der Waals surface area contributed by atoms with Crippen LogP contribution in [0.1, 0.15) is 5.56 Å². The predicted molar refractivity (Wildman–Crippen MR) is 106 cm³/mol. The molecule has 0 unspecified atom stereocenters. The molecule has 3 rings (SSSR count). The first-order chi connectivity index (χ1) is 12.2. The van der Waals surface area contributed by atoms with Crippen LogP contribution in [0.2, 0.25) is 0 Å². The Morgan fingerprint density at radius 1 is 0.960 bits per heavy atom. The third kappa shape index (κ3) is 4.42. The van der Waals surface area contributed by atoms with Crippen molar-refractivity contribution >= 4 is 34.0 Å². The molecule has 128 valence electrons. The van der Waals surface area contributed by atoms with Gasteiger partial charge in [-0.1, -0.05) is 36.4 Å². The summed E-state index contributed by atoms with van der Waals surface area (Å²) in [6.45, 7) is 0.505. The number of rotatable bonds is 6. The standard InChI is InChI=1S/C20H17FINO2/c1-24-19-12-15(10-11-16(19)21)23-17-8-5-9-18(20(17)22)25-13-14-6-3-2-4-7-14/h2-12,23H,13H2,1H3. The van der Waals surface area contributed by atoms with E-state index in [-0.39, 0.29) is 11.6 Å². The van der Waals surface area contributed by atoms with Gasteiger partial charge in [-0.25, -0.2) is 4.39 Å². The van der Waals surface area contributed by atoms with E-state index in [0.29, 0.717) is 6.61 Å². The molecular weight excluding hydrogens is 432 g/mol. The van der Waals surface area contributed by atoms with Gasteiger partial charge in [0.25, 0.3) is 0 Å². The normalized spacial score (nSPS) is 10.4. The summed E-state index contributed by atoms with van der Waals surface area (Å²) in [6, 6.07) is 20.5. The lowest BCUT2D eigenvalue weighted by atomic mass is 10.2. The molecule has 0 amide bonds. The van der Waals surface area contributed by atoms with Crippen molar-refractivity contribution in [1.82, 2.24) is 0 Å². The zero-order valence-corrected chi connectivity index (χ0v) is 15.8. The lowest BCUT2D eigenvalue weighted by molar-refractivity contribution is 0.304. The Morgan fingerprint density at radius 3 is 2.52 bits per heavy atom. The highest BCUT2D eigenvalue weighted by atomic mass is 127. The molecule has 0 saturated heterocycles. The van der Waals surface area contributed by atoms with E-state index < -0.39 is 0 Å². The molecule has 0 bridgehead atoms. The Bertz CT molecular complexity index is 856. The van der Waals surface area contributed by atoms with E-state index in [4.69, 9.17) is 9.47 Å². The lowest BCUT2D eigenvalue weighted by Gasteiger charge is -2.14. The Labute approximate surface area is 159 Å². The van der Waals surface area contributed by atoms with Crippen molar-refractivity contribution in [2.45, 2.75) is 6.61 Å². The summed E-state index contributed by atoms with van der Waals surface area (Å²) in [6.07, 6.45) is 0. The van der Waals surface area contributed by atoms with E-state index in [1.54, 1.807) is 12.1 Å². The molecule has 0 aliphatic carbocycles. The molecule has 5 heteroatoms. The molecule has 0 aliphatic heterocycles. The van der Waals surface area contributed by atoms with Crippen molar-refractivity contribution in [2.75, 3.05) is 12.4 Å². The summed E-state index contributed by atoms with van der Waals surface area (Å²) >= 11 is 2.24. The molecule has 1 N–H and O–H groups in total. The van der Waals surface area contributed by atoms with Gasteiger partial charge >= 0.3 is 0 Å². The first-order valence-corrected chi connectivity index (χ1v) is 8.81. The number of ether oxygens (including phenoxy) is 2. The fourth-order valence-corrected chi connectivity index (χ4v) is 3.00. The highest BCUT2D eigenvalue weighted by molar-refractivity contribution is 14.1. The van der Waals surface area contributed by atoms with Gasteiger partial charge in [-0.15, -0.1) is 0 Å². The zero-order chi connectivity index (χ0) is 17.6. The van der Waals surface area contributed by atoms with Gasteiger partial charge in [0, 0.05) is 11.8 Å². The minimum Gasteiger partial charge on any atom is -0.494 e. The largest absolute Gasteiger partial charge is 0.494 e. The van der Waals surface area contributed by atoms with Crippen molar-refractivity contribution in [1.29, 1.82) is 0 Å². The van der Waals surface area contributed by atoms with Crippen LogP contribution in [0.3, 0.4) is 0 Å². The van der Waals surface area contributed by atoms with Crippen molar-refractivity contribution in [3.05, 3.63) is 81.7 Å². The predicted octanol–water partition coefficient (Wildman–Crippen LogP) is 5.76. The highest BCUT2D eigenvalue weighted by Gasteiger charge is 2.09. The second kappa shape index (κ2) is 8.20. The van der Waals surface area contributed by atoms with Gasteiger partial charge in [-0.05, 0) is 52.4 Å². The first kappa shape index (κ1) is 17.5. The molecule has 25 heavy (non-hydrogen) atoms. The summed E-state index contributed by atoms with van der Waals surface area (Å²) in [5.41, 5.74) is 2.75. The van der Waals surface area contributed by atoms with Gasteiger partial charge in [0.2, 0.25) is 0 Å². The highest BCUT2D eigenvalue weighted by Crippen LogP contribution is 2.32. The molecule has 3 aromatic carbocycles. The smallest absolute Gasteiger partial charge is 0.165 e. The molecule has 3 nitrogen and oxygen atoms in total. The number of methoxy groups -OCH3 is 1. The molecule has 0 atom stereocenters. The van der Waals surface area contributed by atoms with Gasteiger partial charge < -0.3 is 14.8 Å². The van der Waals surface area contributed by atoms with E-state index in [2.05, 4.69) is 27.9 Å². The number of benzene rings is 3. The maximum atomic E-state index is 13.5. The van der Waals surface area contributed by atoms with E-state index in [0.717, 1.165) is 26.3 Å². The summed E-state index contributed by atoms with van der Waals surface area (Å²) in [5, 5.41) is 3.28. The van der Waals surface area contributed by atoms with Gasteiger partial charge in [-0.2, -0.15) is 0 Å². The first-order valence-electron chi connectivity index (χ1n) is 7.73. The number of nitrogens with one attached hydrogen (secondary N) is 1. The van der Waals surface area contributed by atoms with E-state index in [1.165, 1.54) is 13.2 Å². The van der Waals surface area contributed by atoms with Crippen LogP contribution in [0.25, 0.3) is 0 Å². The van der Waals surface area contributed by atoms with Crippen molar-refractivity contribution in [3.63, 3.8) is 0 Å². The topological polar surface area (TPSA) is 30.5 Å². The molecule has 0 aliphatic rings. The molecule has 0 aromatic heterocycles. The number of halogens is 2. The third-order valence-electron chi connectivity index (χ3n) is 3.63. The number of hydrogen-bond acceptors (Lipinski definition) is 3. The zero-order valence-electron chi connectivity index (χ0n) is 13.6. The van der Waals surface area contributed by atoms with Crippen LogP contribution in [-0.4, -0.2) is 7.11 Å². The SMILES string of the molecule is COc1cc(Nc2cccc(OCc3ccccc3)c2I)ccc1F. The Hall–Kier alpha value is -2.28. The van der Waals surface area contributed by atoms with Gasteiger partial charge in [0.15, 0.2) is 11.6 Å². The van der Waals surface area contributed by atoms with E-state index in [1.807, 2.05) is 48.5 Å². The average Bonchev–Trinajstić information content (AvgIpc) is 2.65. The van der Waals surface area contributed by atoms with Crippen molar-refractivity contribution in [3.8, 4) is 11.5 Å². The average molecular weight is 449 g/mol. The van der Waals surface area contributed by atoms with Crippen molar-refractivity contribution in [2.24, 2.45) is 0 Å². The van der Waals surface area contributed by atoms with Crippen LogP contribution >= 0.6 is 22.6 Å².